The molecule has 2 aromatic heterocycles. The highest BCUT2D eigenvalue weighted by atomic mass is 32.2. The van der Waals surface area contributed by atoms with Gasteiger partial charge in [-0.15, -0.1) is 10.2 Å². The van der Waals surface area contributed by atoms with Gasteiger partial charge in [0.2, 0.25) is 5.91 Å². The molecule has 2 heterocycles. The molecular weight excluding hydrogens is 390 g/mol. The van der Waals surface area contributed by atoms with Crippen LogP contribution in [0.25, 0.3) is 0 Å². The number of carbonyl (C=O) groups excluding carboxylic acids is 1. The van der Waals surface area contributed by atoms with E-state index in [0.717, 1.165) is 34.0 Å². The van der Waals surface area contributed by atoms with Gasteiger partial charge in [-0.25, -0.2) is 0 Å². The number of nitrogens with zero attached hydrogens (tertiary/aromatic N) is 4. The molecule has 1 atom stereocenters. The van der Waals surface area contributed by atoms with Crippen LogP contribution in [0.2, 0.25) is 0 Å². The van der Waals surface area contributed by atoms with E-state index in [1.807, 2.05) is 52.9 Å². The van der Waals surface area contributed by atoms with Gasteiger partial charge in [-0.3, -0.25) is 9.48 Å². The van der Waals surface area contributed by atoms with Crippen LogP contribution in [0.1, 0.15) is 35.3 Å². The van der Waals surface area contributed by atoms with Gasteiger partial charge in [0.15, 0.2) is 6.61 Å². The van der Waals surface area contributed by atoms with Gasteiger partial charge in [0.1, 0.15) is 5.75 Å². The SMILES string of the molecule is Cc1ccc(C)c(OCc2nnc(SC(C)C(=O)Nc3c(C)nn(C)c3C)o2)c1. The third kappa shape index (κ3) is 4.97. The smallest absolute Gasteiger partial charge is 0.277 e. The van der Waals surface area contributed by atoms with Crippen molar-refractivity contribution in [1.82, 2.24) is 20.0 Å². The third-order valence-corrected chi connectivity index (χ3v) is 5.48. The molecule has 0 fully saturated rings. The fourth-order valence-corrected chi connectivity index (χ4v) is 3.43. The Bertz CT molecular complexity index is 1030. The first-order valence-corrected chi connectivity index (χ1v) is 10.1. The van der Waals surface area contributed by atoms with Gasteiger partial charge in [0.05, 0.1) is 22.3 Å². The first kappa shape index (κ1) is 20.9. The van der Waals surface area contributed by atoms with E-state index in [0.29, 0.717) is 11.1 Å². The first-order chi connectivity index (χ1) is 13.7. The van der Waals surface area contributed by atoms with E-state index in [1.165, 1.54) is 11.8 Å². The number of hydrogen-bond acceptors (Lipinski definition) is 7. The standard InChI is InChI=1S/C20H25N5O3S/c1-11-7-8-12(2)16(9-11)27-10-17-22-23-20(28-17)29-15(5)19(26)21-18-13(3)24-25(6)14(18)4/h7-9,15H,10H2,1-6H3,(H,21,26). The maximum Gasteiger partial charge on any atom is 0.277 e. The van der Waals surface area contributed by atoms with Gasteiger partial charge < -0.3 is 14.5 Å². The van der Waals surface area contributed by atoms with Gasteiger partial charge in [-0.05, 0) is 51.8 Å². The van der Waals surface area contributed by atoms with Crippen molar-refractivity contribution in [3.05, 3.63) is 46.6 Å². The molecule has 29 heavy (non-hydrogen) atoms. The van der Waals surface area contributed by atoms with Crippen molar-refractivity contribution in [2.24, 2.45) is 7.05 Å². The molecule has 0 spiro atoms. The molecule has 3 aromatic rings. The molecule has 0 aliphatic carbocycles. The first-order valence-electron chi connectivity index (χ1n) is 9.24. The van der Waals surface area contributed by atoms with Crippen LogP contribution in [0, 0.1) is 27.7 Å². The van der Waals surface area contributed by atoms with Crippen molar-refractivity contribution < 1.29 is 13.9 Å². The summed E-state index contributed by atoms with van der Waals surface area (Å²) in [6.07, 6.45) is 0. The molecule has 0 saturated heterocycles. The third-order valence-electron chi connectivity index (χ3n) is 4.55. The topological polar surface area (TPSA) is 95.1 Å². The number of carbonyl (C=O) groups is 1. The van der Waals surface area contributed by atoms with Crippen LogP contribution in [0.15, 0.2) is 27.8 Å². The van der Waals surface area contributed by atoms with Crippen LogP contribution in [0.3, 0.4) is 0 Å². The Hall–Kier alpha value is -2.81. The van der Waals surface area contributed by atoms with E-state index < -0.39 is 5.25 Å². The summed E-state index contributed by atoms with van der Waals surface area (Å²) in [6.45, 7) is 9.73. The number of rotatable bonds is 7. The molecule has 0 saturated carbocycles. The van der Waals surface area contributed by atoms with Crippen molar-refractivity contribution in [2.45, 2.75) is 51.7 Å². The zero-order valence-electron chi connectivity index (χ0n) is 17.4. The molecule has 1 unspecified atom stereocenters. The highest BCUT2D eigenvalue weighted by Crippen LogP contribution is 2.26. The lowest BCUT2D eigenvalue weighted by Gasteiger charge is -2.10. The Labute approximate surface area is 174 Å². The fraction of sp³-hybridized carbons (Fsp3) is 0.400. The summed E-state index contributed by atoms with van der Waals surface area (Å²) in [5.41, 5.74) is 4.57. The van der Waals surface area contributed by atoms with Crippen LogP contribution >= 0.6 is 11.8 Å². The summed E-state index contributed by atoms with van der Waals surface area (Å²) in [4.78, 5) is 12.5. The summed E-state index contributed by atoms with van der Waals surface area (Å²) < 4.78 is 13.1. The van der Waals surface area contributed by atoms with E-state index >= 15 is 0 Å². The predicted octanol–water partition coefficient (Wildman–Crippen LogP) is 3.74. The number of benzene rings is 1. The van der Waals surface area contributed by atoms with E-state index in [9.17, 15) is 4.79 Å². The maximum atomic E-state index is 12.5. The fourth-order valence-electron chi connectivity index (χ4n) is 2.73. The zero-order chi connectivity index (χ0) is 21.1. The summed E-state index contributed by atoms with van der Waals surface area (Å²) >= 11 is 1.20. The molecule has 8 nitrogen and oxygen atoms in total. The number of anilines is 1. The molecule has 0 aliphatic rings. The average molecular weight is 416 g/mol. The van der Waals surface area contributed by atoms with Gasteiger partial charge in [-0.1, -0.05) is 23.9 Å². The van der Waals surface area contributed by atoms with Crippen LogP contribution in [0.4, 0.5) is 5.69 Å². The van der Waals surface area contributed by atoms with E-state index in [4.69, 9.17) is 9.15 Å². The Kier molecular flexibility index (Phi) is 6.26. The molecule has 154 valence electrons. The van der Waals surface area contributed by atoms with Gasteiger partial charge in [0, 0.05) is 7.05 Å². The van der Waals surface area contributed by atoms with Crippen molar-refractivity contribution in [3.63, 3.8) is 0 Å². The minimum atomic E-state index is -0.415. The lowest BCUT2D eigenvalue weighted by atomic mass is 10.1. The van der Waals surface area contributed by atoms with Gasteiger partial charge in [0.25, 0.3) is 11.1 Å². The lowest BCUT2D eigenvalue weighted by Crippen LogP contribution is -2.23. The van der Waals surface area contributed by atoms with E-state index in [1.54, 1.807) is 11.6 Å². The number of nitrogens with one attached hydrogen (secondary N) is 1. The number of thioether (sulfide) groups is 1. The average Bonchev–Trinajstić information content (AvgIpc) is 3.21. The molecule has 9 heteroatoms. The number of aromatic nitrogens is 4. The molecule has 0 bridgehead atoms. The van der Waals surface area contributed by atoms with Crippen molar-refractivity contribution >= 4 is 23.4 Å². The number of hydrogen-bond donors (Lipinski definition) is 1. The normalized spacial score (nSPS) is 12.1. The largest absolute Gasteiger partial charge is 0.484 e. The Morgan fingerprint density at radius 2 is 2.03 bits per heavy atom. The second kappa shape index (κ2) is 8.69. The molecule has 1 amide bonds. The number of ether oxygens (including phenoxy) is 1. The molecule has 1 aromatic carbocycles. The second-order valence-electron chi connectivity index (χ2n) is 6.94. The van der Waals surface area contributed by atoms with Crippen LogP contribution in [-0.4, -0.2) is 31.1 Å². The van der Waals surface area contributed by atoms with Gasteiger partial charge >= 0.3 is 0 Å². The lowest BCUT2D eigenvalue weighted by molar-refractivity contribution is -0.115. The number of aryl methyl sites for hydroxylation is 4. The molecule has 0 radical (unpaired) electrons. The Balaban J connectivity index is 1.57. The second-order valence-corrected chi connectivity index (χ2v) is 8.23. The highest BCUT2D eigenvalue weighted by molar-refractivity contribution is 8.00. The zero-order valence-corrected chi connectivity index (χ0v) is 18.3. The van der Waals surface area contributed by atoms with Gasteiger partial charge in [-0.2, -0.15) is 5.10 Å². The molecular formula is C20H25N5O3S. The van der Waals surface area contributed by atoms with E-state index in [-0.39, 0.29) is 12.5 Å². The molecule has 0 aliphatic heterocycles. The van der Waals surface area contributed by atoms with Crippen LogP contribution < -0.4 is 10.1 Å². The monoisotopic (exact) mass is 415 g/mol. The Morgan fingerprint density at radius 1 is 1.28 bits per heavy atom. The van der Waals surface area contributed by atoms with Crippen LogP contribution in [-0.2, 0) is 18.4 Å². The van der Waals surface area contributed by atoms with E-state index in [2.05, 4.69) is 20.6 Å². The predicted molar refractivity (Wildman–Crippen MR) is 111 cm³/mol. The van der Waals surface area contributed by atoms with Crippen molar-refractivity contribution in [1.29, 1.82) is 0 Å². The quantitative estimate of drug-likeness (QED) is 0.587. The number of amides is 1. The van der Waals surface area contributed by atoms with Crippen molar-refractivity contribution in [3.8, 4) is 5.75 Å². The summed E-state index contributed by atoms with van der Waals surface area (Å²) in [6, 6.07) is 6.01. The van der Waals surface area contributed by atoms with Crippen LogP contribution in [0.5, 0.6) is 5.75 Å². The van der Waals surface area contributed by atoms with Crippen molar-refractivity contribution in [2.75, 3.05) is 5.32 Å². The Morgan fingerprint density at radius 3 is 2.72 bits per heavy atom. The summed E-state index contributed by atoms with van der Waals surface area (Å²) in [7, 11) is 1.84. The molecule has 3 rings (SSSR count). The minimum absolute atomic E-state index is 0.152. The molecule has 1 N–H and O–H groups in total. The highest BCUT2D eigenvalue weighted by Gasteiger charge is 2.21. The minimum Gasteiger partial charge on any atom is -0.484 e. The summed E-state index contributed by atoms with van der Waals surface area (Å²) in [5.74, 6) is 0.993. The maximum absolute atomic E-state index is 12.5. The summed E-state index contributed by atoms with van der Waals surface area (Å²) in [5, 5.41) is 15.2.